The van der Waals surface area contributed by atoms with Crippen LogP contribution in [0, 0.1) is 0 Å². The zero-order valence-corrected chi connectivity index (χ0v) is 18.6. The first-order valence-corrected chi connectivity index (χ1v) is 10.9. The van der Waals surface area contributed by atoms with Crippen LogP contribution in [0.3, 0.4) is 0 Å². The maximum absolute atomic E-state index is 12.0. The van der Waals surface area contributed by atoms with Gasteiger partial charge in [0.05, 0.1) is 6.10 Å². The molecule has 2 aromatic heterocycles. The van der Waals surface area contributed by atoms with Crippen molar-refractivity contribution in [2.75, 3.05) is 0 Å². The van der Waals surface area contributed by atoms with Crippen LogP contribution >= 0.6 is 0 Å². The number of aliphatic hydroxyl groups excluding tert-OH is 1. The Hall–Kier alpha value is -3.85. The quantitative estimate of drug-likeness (QED) is 0.356. The highest BCUT2D eigenvalue weighted by molar-refractivity contribution is 5.87. The molecule has 0 saturated heterocycles. The van der Waals surface area contributed by atoms with Gasteiger partial charge in [-0.3, -0.25) is 0 Å². The second kappa shape index (κ2) is 9.74. The van der Waals surface area contributed by atoms with Crippen LogP contribution in [0.15, 0.2) is 48.5 Å². The lowest BCUT2D eigenvalue weighted by Crippen LogP contribution is -2.14. The topological polar surface area (TPSA) is 130 Å². The van der Waals surface area contributed by atoms with Gasteiger partial charge in [-0.2, -0.15) is 0 Å². The number of aliphatic hydroxyl groups is 1. The molecule has 0 fully saturated rings. The molecular formula is C24H26N6O3. The number of nitrogens with zero attached hydrogens (tertiary/aromatic N) is 5. The van der Waals surface area contributed by atoms with E-state index in [0.717, 1.165) is 35.1 Å². The smallest absolute Gasteiger partial charge is 0.354 e. The molecule has 0 radical (unpaired) electrons. The minimum atomic E-state index is -1.09. The van der Waals surface area contributed by atoms with Crippen LogP contribution in [-0.2, 0) is 13.0 Å². The number of carboxylic acids is 1. The number of hydrogen-bond donors (Lipinski definition) is 3. The Kier molecular flexibility index (Phi) is 6.60. The molecule has 4 rings (SSSR count). The first-order chi connectivity index (χ1) is 16.0. The van der Waals surface area contributed by atoms with E-state index in [9.17, 15) is 15.0 Å². The van der Waals surface area contributed by atoms with E-state index < -0.39 is 12.1 Å². The zero-order valence-electron chi connectivity index (χ0n) is 18.6. The standard InChI is InChI=1S/C24H26N6O3/c1-3-4-9-20-25-21(15(2)31)22(24(32)33)30(20)14-16-10-12-17(13-11-16)18-7-5-6-8-19(18)23-26-28-29-27-23/h5-8,10-13,15,31H,3-4,9,14H2,1-2H3,(H,32,33)(H,26,27,28,29). The number of aromatic carboxylic acids is 1. The molecule has 0 saturated carbocycles. The van der Waals surface area contributed by atoms with Crippen LogP contribution in [-0.4, -0.2) is 46.4 Å². The van der Waals surface area contributed by atoms with Crippen molar-refractivity contribution in [2.45, 2.75) is 45.8 Å². The maximum atomic E-state index is 12.0. The van der Waals surface area contributed by atoms with Crippen LogP contribution in [0.4, 0.5) is 0 Å². The highest BCUT2D eigenvalue weighted by Crippen LogP contribution is 2.30. The molecule has 2 aromatic carbocycles. The van der Waals surface area contributed by atoms with Crippen LogP contribution in [0.25, 0.3) is 22.5 Å². The molecule has 0 amide bonds. The summed E-state index contributed by atoms with van der Waals surface area (Å²) in [5.74, 6) is 0.176. The van der Waals surface area contributed by atoms with Crippen molar-refractivity contribution in [1.82, 2.24) is 30.2 Å². The van der Waals surface area contributed by atoms with E-state index in [0.29, 0.717) is 24.6 Å². The number of aromatic amines is 1. The molecule has 0 spiro atoms. The number of tetrazole rings is 1. The average Bonchev–Trinajstić information content (AvgIpc) is 3.47. The third-order valence-electron chi connectivity index (χ3n) is 5.56. The van der Waals surface area contributed by atoms with Gasteiger partial charge in [0, 0.05) is 18.5 Å². The fourth-order valence-electron chi connectivity index (χ4n) is 3.92. The number of aromatic nitrogens is 6. The van der Waals surface area contributed by atoms with Crippen molar-refractivity contribution in [3.05, 3.63) is 71.3 Å². The molecular weight excluding hydrogens is 420 g/mol. The number of imidazole rings is 1. The van der Waals surface area contributed by atoms with E-state index in [4.69, 9.17) is 0 Å². The summed E-state index contributed by atoms with van der Waals surface area (Å²) in [5, 5.41) is 34.1. The van der Waals surface area contributed by atoms with Crippen LogP contribution in [0.2, 0.25) is 0 Å². The summed E-state index contributed by atoms with van der Waals surface area (Å²) in [6.45, 7) is 3.97. The molecule has 0 aliphatic heterocycles. The van der Waals surface area contributed by atoms with Gasteiger partial charge in [0.25, 0.3) is 0 Å². The van der Waals surface area contributed by atoms with Gasteiger partial charge >= 0.3 is 5.97 Å². The summed E-state index contributed by atoms with van der Waals surface area (Å²) in [7, 11) is 0. The number of nitrogens with one attached hydrogen (secondary N) is 1. The van der Waals surface area contributed by atoms with E-state index >= 15 is 0 Å². The summed E-state index contributed by atoms with van der Waals surface area (Å²) in [4.78, 5) is 16.5. The van der Waals surface area contributed by atoms with Gasteiger partial charge in [-0.05, 0) is 40.5 Å². The molecule has 0 aliphatic carbocycles. The van der Waals surface area contributed by atoms with Crippen molar-refractivity contribution in [3.63, 3.8) is 0 Å². The number of unbranched alkanes of at least 4 members (excludes halogenated alkanes) is 1. The van der Waals surface area contributed by atoms with Crippen molar-refractivity contribution in [2.24, 2.45) is 0 Å². The monoisotopic (exact) mass is 446 g/mol. The van der Waals surface area contributed by atoms with Gasteiger partial charge < -0.3 is 14.8 Å². The number of hydrogen-bond acceptors (Lipinski definition) is 6. The van der Waals surface area contributed by atoms with Crippen molar-refractivity contribution < 1.29 is 15.0 Å². The van der Waals surface area contributed by atoms with Gasteiger partial charge in [0.15, 0.2) is 11.5 Å². The first-order valence-electron chi connectivity index (χ1n) is 10.9. The molecule has 9 heteroatoms. The van der Waals surface area contributed by atoms with E-state index in [-0.39, 0.29) is 11.4 Å². The second-order valence-electron chi connectivity index (χ2n) is 7.93. The minimum Gasteiger partial charge on any atom is -0.477 e. The number of carboxylic acid groups (broad SMARTS) is 1. The summed E-state index contributed by atoms with van der Waals surface area (Å²) >= 11 is 0. The predicted octanol–water partition coefficient (Wildman–Crippen LogP) is 3.87. The number of benzene rings is 2. The van der Waals surface area contributed by atoms with Crippen molar-refractivity contribution >= 4 is 5.97 Å². The molecule has 2 heterocycles. The zero-order chi connectivity index (χ0) is 23.4. The number of carbonyl (C=O) groups is 1. The third-order valence-corrected chi connectivity index (χ3v) is 5.56. The van der Waals surface area contributed by atoms with Crippen molar-refractivity contribution in [1.29, 1.82) is 0 Å². The number of H-pyrrole nitrogens is 1. The molecule has 33 heavy (non-hydrogen) atoms. The average molecular weight is 447 g/mol. The van der Waals surface area contributed by atoms with E-state index in [1.165, 1.54) is 0 Å². The Balaban J connectivity index is 1.68. The first kappa shape index (κ1) is 22.3. The molecule has 170 valence electrons. The van der Waals surface area contributed by atoms with E-state index in [1.807, 2.05) is 48.5 Å². The fourth-order valence-corrected chi connectivity index (χ4v) is 3.92. The van der Waals surface area contributed by atoms with Gasteiger partial charge in [0.2, 0.25) is 0 Å². The SMILES string of the molecule is CCCCc1nc(C(C)O)c(C(=O)O)n1Cc1ccc(-c2ccccc2-c2nnn[nH]2)cc1. The third kappa shape index (κ3) is 4.68. The van der Waals surface area contributed by atoms with Gasteiger partial charge in [-0.1, -0.05) is 61.9 Å². The molecule has 3 N–H and O–H groups in total. The van der Waals surface area contributed by atoms with Crippen LogP contribution < -0.4 is 0 Å². The van der Waals surface area contributed by atoms with Gasteiger partial charge in [0.1, 0.15) is 11.5 Å². The molecule has 0 aliphatic rings. The van der Waals surface area contributed by atoms with E-state index in [1.54, 1.807) is 11.5 Å². The summed E-state index contributed by atoms with van der Waals surface area (Å²) in [6.07, 6.45) is 1.55. The molecule has 4 aromatic rings. The molecule has 1 unspecified atom stereocenters. The summed E-state index contributed by atoms with van der Waals surface area (Å²) in [6, 6.07) is 15.8. The summed E-state index contributed by atoms with van der Waals surface area (Å²) < 4.78 is 1.71. The van der Waals surface area contributed by atoms with Gasteiger partial charge in [-0.25, -0.2) is 14.9 Å². The Bertz CT molecular complexity index is 1230. The number of aryl methyl sites for hydroxylation is 1. The number of rotatable bonds is 9. The Labute approximate surface area is 191 Å². The predicted molar refractivity (Wildman–Crippen MR) is 123 cm³/mol. The molecule has 1 atom stereocenters. The lowest BCUT2D eigenvalue weighted by molar-refractivity contribution is 0.0677. The lowest BCUT2D eigenvalue weighted by atomic mass is 9.98. The Morgan fingerprint density at radius 2 is 1.85 bits per heavy atom. The Morgan fingerprint density at radius 3 is 2.45 bits per heavy atom. The normalized spacial score (nSPS) is 12.1. The van der Waals surface area contributed by atoms with Crippen LogP contribution in [0.1, 0.15) is 60.4 Å². The maximum Gasteiger partial charge on any atom is 0.354 e. The molecule has 9 nitrogen and oxygen atoms in total. The van der Waals surface area contributed by atoms with Crippen molar-refractivity contribution in [3.8, 4) is 22.5 Å². The van der Waals surface area contributed by atoms with Gasteiger partial charge in [-0.15, -0.1) is 5.10 Å². The summed E-state index contributed by atoms with van der Waals surface area (Å²) in [5.41, 5.74) is 4.05. The minimum absolute atomic E-state index is 0.0448. The second-order valence-corrected chi connectivity index (χ2v) is 7.93. The lowest BCUT2D eigenvalue weighted by Gasteiger charge is -2.12. The molecule has 0 bridgehead atoms. The van der Waals surface area contributed by atoms with Crippen LogP contribution in [0.5, 0.6) is 0 Å². The highest BCUT2D eigenvalue weighted by atomic mass is 16.4. The Morgan fingerprint density at radius 1 is 1.12 bits per heavy atom. The fraction of sp³-hybridized carbons (Fsp3) is 0.292. The van der Waals surface area contributed by atoms with E-state index in [2.05, 4.69) is 32.5 Å². The largest absolute Gasteiger partial charge is 0.477 e. The highest BCUT2D eigenvalue weighted by Gasteiger charge is 2.25.